The molecule has 2 heterocycles. The molecule has 0 amide bonds. The standard InChI is InChI=1S/C31H40ClN11O11S2/c1-54-17-8-33-27-38-29(41-31(39-27)43(11-15-46)12-16-47)35-23-7-5-21(25(19-23)56(51,52)53)3-2-20-4-6-22(18-24(20)55(48,49)50)34-28-36-26(32)37-30(40-28)42(9-13-44)10-14-45/h2-7,18-19,44-47H,8-17H2,1H3,(H,48,49,50)(H,51,52,53)(H,34,36,37,40)(H2,33,35,38,39,41)/b3-2+. The first-order chi connectivity index (χ1) is 26.7. The van der Waals surface area contributed by atoms with Crippen molar-refractivity contribution in [1.82, 2.24) is 29.9 Å². The van der Waals surface area contributed by atoms with Crippen LogP contribution in [0.2, 0.25) is 5.28 Å². The molecule has 0 aliphatic carbocycles. The zero-order valence-corrected chi connectivity index (χ0v) is 32.1. The van der Waals surface area contributed by atoms with Crippen LogP contribution >= 0.6 is 11.6 Å². The van der Waals surface area contributed by atoms with Crippen molar-refractivity contribution in [3.8, 4) is 0 Å². The third kappa shape index (κ3) is 12.6. The normalized spacial score (nSPS) is 11.9. The van der Waals surface area contributed by atoms with E-state index in [9.17, 15) is 46.4 Å². The molecule has 2 aromatic carbocycles. The minimum absolute atomic E-state index is 0.0153. The second-order valence-corrected chi connectivity index (χ2v) is 14.5. The van der Waals surface area contributed by atoms with Crippen LogP contribution < -0.4 is 25.8 Å². The third-order valence-electron chi connectivity index (χ3n) is 7.39. The van der Waals surface area contributed by atoms with Gasteiger partial charge in [0.1, 0.15) is 9.79 Å². The van der Waals surface area contributed by atoms with E-state index in [-0.39, 0.29) is 110 Å². The summed E-state index contributed by atoms with van der Waals surface area (Å²) in [7, 11) is -8.26. The molecule has 22 nitrogen and oxygen atoms in total. The molecular formula is C31H40ClN11O11S2. The van der Waals surface area contributed by atoms with Gasteiger partial charge in [-0.2, -0.15) is 46.7 Å². The van der Waals surface area contributed by atoms with Gasteiger partial charge in [-0.15, -0.1) is 0 Å². The lowest BCUT2D eigenvalue weighted by molar-refractivity contribution is 0.210. The summed E-state index contributed by atoms with van der Waals surface area (Å²) in [5, 5.41) is 46.1. The minimum atomic E-state index is -4.89. The fraction of sp³-hybridized carbons (Fsp3) is 0.355. The van der Waals surface area contributed by atoms with Gasteiger partial charge in [0.25, 0.3) is 20.2 Å². The van der Waals surface area contributed by atoms with Crippen LogP contribution in [-0.2, 0) is 25.0 Å². The molecule has 0 fully saturated rings. The molecule has 4 rings (SSSR count). The van der Waals surface area contributed by atoms with Crippen LogP contribution in [-0.4, -0.2) is 149 Å². The first-order valence-corrected chi connectivity index (χ1v) is 19.7. The van der Waals surface area contributed by atoms with E-state index in [2.05, 4.69) is 45.9 Å². The van der Waals surface area contributed by atoms with Gasteiger partial charge in [0.2, 0.25) is 35.0 Å². The van der Waals surface area contributed by atoms with Gasteiger partial charge in [-0.05, 0) is 47.0 Å². The quantitative estimate of drug-likeness (QED) is 0.0295. The largest absolute Gasteiger partial charge is 0.395 e. The molecule has 0 saturated heterocycles. The number of hydrogen-bond acceptors (Lipinski definition) is 20. The number of methoxy groups -OCH3 is 1. The number of ether oxygens (including phenoxy) is 1. The van der Waals surface area contributed by atoms with Crippen LogP contribution in [0.4, 0.5) is 41.1 Å². The van der Waals surface area contributed by atoms with Crippen molar-refractivity contribution in [2.75, 3.05) is 98.6 Å². The van der Waals surface area contributed by atoms with Crippen LogP contribution in [0, 0.1) is 0 Å². The SMILES string of the molecule is COCCNc1nc(Nc2ccc(/C=C/c3ccc(Nc4nc(Cl)nc(N(CCO)CCO)n4)cc3S(=O)(=O)O)c(S(=O)(=O)O)c2)nc(N(CCO)CCO)n1. The van der Waals surface area contributed by atoms with E-state index in [1.807, 2.05) is 0 Å². The first kappa shape index (κ1) is 43.8. The molecule has 2 aromatic heterocycles. The van der Waals surface area contributed by atoms with Crippen molar-refractivity contribution in [2.45, 2.75) is 9.79 Å². The van der Waals surface area contributed by atoms with Gasteiger partial charge in [-0.25, -0.2) is 0 Å². The Morgan fingerprint density at radius 3 is 1.52 bits per heavy atom. The van der Waals surface area contributed by atoms with Crippen molar-refractivity contribution in [3.05, 3.63) is 52.8 Å². The molecule has 0 radical (unpaired) electrons. The molecule has 0 bridgehead atoms. The predicted octanol–water partition coefficient (Wildman–Crippen LogP) is 0.501. The number of hydrogen-bond donors (Lipinski definition) is 9. The molecule has 56 heavy (non-hydrogen) atoms. The zero-order valence-electron chi connectivity index (χ0n) is 29.7. The van der Waals surface area contributed by atoms with E-state index < -0.39 is 30.0 Å². The van der Waals surface area contributed by atoms with E-state index in [4.69, 9.17) is 16.3 Å². The number of rotatable bonds is 22. The van der Waals surface area contributed by atoms with E-state index in [0.717, 1.165) is 12.1 Å². The number of benzene rings is 2. The Labute approximate surface area is 326 Å². The molecule has 4 aromatic rings. The molecule has 0 saturated carbocycles. The highest BCUT2D eigenvalue weighted by molar-refractivity contribution is 7.86. The summed E-state index contributed by atoms with van der Waals surface area (Å²) in [6, 6.07) is 7.60. The summed E-state index contributed by atoms with van der Waals surface area (Å²) in [4.78, 5) is 26.9. The Morgan fingerprint density at radius 2 is 1.09 bits per heavy atom. The van der Waals surface area contributed by atoms with E-state index in [1.54, 1.807) is 0 Å². The van der Waals surface area contributed by atoms with Crippen molar-refractivity contribution in [1.29, 1.82) is 0 Å². The molecule has 0 aliphatic rings. The van der Waals surface area contributed by atoms with Gasteiger partial charge in [0, 0.05) is 51.2 Å². The molecule has 25 heteroatoms. The zero-order chi connectivity index (χ0) is 40.9. The highest BCUT2D eigenvalue weighted by Gasteiger charge is 2.20. The van der Waals surface area contributed by atoms with Crippen LogP contribution in [0.3, 0.4) is 0 Å². The van der Waals surface area contributed by atoms with Crippen LogP contribution in [0.5, 0.6) is 0 Å². The number of aromatic nitrogens is 6. The molecule has 0 spiro atoms. The lowest BCUT2D eigenvalue weighted by Crippen LogP contribution is -2.32. The average Bonchev–Trinajstić information content (AvgIpc) is 3.13. The summed E-state index contributed by atoms with van der Waals surface area (Å²) in [5.41, 5.74) is 0.0495. The Bertz CT molecular complexity index is 2190. The highest BCUT2D eigenvalue weighted by atomic mass is 35.5. The van der Waals surface area contributed by atoms with Crippen molar-refractivity contribution < 1.29 is 51.1 Å². The summed E-state index contributed by atoms with van der Waals surface area (Å²) in [6.45, 7) is -0.158. The maximum atomic E-state index is 12.5. The Morgan fingerprint density at radius 1 is 0.661 bits per heavy atom. The molecule has 304 valence electrons. The fourth-order valence-corrected chi connectivity index (χ4v) is 6.51. The average molecular weight is 842 g/mol. The fourth-order valence-electron chi connectivity index (χ4n) is 4.93. The van der Waals surface area contributed by atoms with Crippen molar-refractivity contribution >= 4 is 85.1 Å². The summed E-state index contributed by atoms with van der Waals surface area (Å²) in [5.74, 6) is 0.0132. The first-order valence-electron chi connectivity index (χ1n) is 16.5. The number of anilines is 7. The number of halogens is 1. The second-order valence-electron chi connectivity index (χ2n) is 11.3. The topological polar surface area (TPSA) is 319 Å². The van der Waals surface area contributed by atoms with Crippen molar-refractivity contribution in [2.24, 2.45) is 0 Å². The van der Waals surface area contributed by atoms with E-state index in [1.165, 1.54) is 53.3 Å². The van der Waals surface area contributed by atoms with Gasteiger partial charge in [-0.1, -0.05) is 24.3 Å². The smallest absolute Gasteiger partial charge is 0.295 e. The Kier molecular flexibility index (Phi) is 15.9. The second kappa shape index (κ2) is 20.3. The van der Waals surface area contributed by atoms with Gasteiger partial charge >= 0.3 is 0 Å². The molecular weight excluding hydrogens is 802 g/mol. The van der Waals surface area contributed by atoms with E-state index >= 15 is 0 Å². The van der Waals surface area contributed by atoms with Crippen molar-refractivity contribution in [3.63, 3.8) is 0 Å². The van der Waals surface area contributed by atoms with E-state index in [0.29, 0.717) is 13.2 Å². The minimum Gasteiger partial charge on any atom is -0.395 e. The van der Waals surface area contributed by atoms with Gasteiger partial charge < -0.3 is 50.9 Å². The Hall–Kier alpha value is -4.89. The Balaban J connectivity index is 1.67. The summed E-state index contributed by atoms with van der Waals surface area (Å²) in [6.07, 6.45) is 2.41. The monoisotopic (exact) mass is 841 g/mol. The molecule has 0 unspecified atom stereocenters. The lowest BCUT2D eigenvalue weighted by atomic mass is 10.1. The van der Waals surface area contributed by atoms with Crippen LogP contribution in [0.1, 0.15) is 11.1 Å². The number of aliphatic hydroxyl groups is 4. The highest BCUT2D eigenvalue weighted by Crippen LogP contribution is 2.28. The summed E-state index contributed by atoms with van der Waals surface area (Å²) < 4.78 is 75.3. The molecule has 9 N–H and O–H groups in total. The summed E-state index contributed by atoms with van der Waals surface area (Å²) >= 11 is 6.05. The third-order valence-corrected chi connectivity index (χ3v) is 9.38. The molecule has 0 aliphatic heterocycles. The number of nitrogens with zero attached hydrogens (tertiary/aromatic N) is 8. The lowest BCUT2D eigenvalue weighted by Gasteiger charge is -2.21. The number of nitrogens with one attached hydrogen (secondary N) is 3. The predicted molar refractivity (Wildman–Crippen MR) is 206 cm³/mol. The van der Waals surface area contributed by atoms with Gasteiger partial charge in [-0.3, -0.25) is 9.11 Å². The van der Waals surface area contributed by atoms with Gasteiger partial charge in [0.15, 0.2) is 0 Å². The number of aliphatic hydroxyl groups excluding tert-OH is 4. The van der Waals surface area contributed by atoms with Crippen LogP contribution in [0.25, 0.3) is 12.2 Å². The molecule has 0 atom stereocenters. The maximum absolute atomic E-state index is 12.5. The van der Waals surface area contributed by atoms with Crippen LogP contribution in [0.15, 0.2) is 46.2 Å². The van der Waals surface area contributed by atoms with Gasteiger partial charge in [0.05, 0.1) is 33.0 Å². The maximum Gasteiger partial charge on any atom is 0.295 e.